The van der Waals surface area contributed by atoms with Crippen LogP contribution in [-0.4, -0.2) is 65.5 Å². The summed E-state index contributed by atoms with van der Waals surface area (Å²) in [4.78, 5) is 13.7. The molecule has 0 saturated carbocycles. The lowest BCUT2D eigenvalue weighted by atomic mass is 10.1. The van der Waals surface area contributed by atoms with Crippen LogP contribution in [0.25, 0.3) is 0 Å². The number of amides is 1. The molecule has 27 heavy (non-hydrogen) atoms. The van der Waals surface area contributed by atoms with E-state index in [2.05, 4.69) is 6.92 Å². The number of aliphatic hydroxyl groups is 2. The molecule has 0 aliphatic rings. The molecule has 0 aliphatic heterocycles. The fourth-order valence-electron chi connectivity index (χ4n) is 3.25. The molecular formula is C21H43N2O4-. The van der Waals surface area contributed by atoms with Crippen LogP contribution in [0.3, 0.4) is 0 Å². The van der Waals surface area contributed by atoms with Crippen molar-refractivity contribution in [3.63, 3.8) is 0 Å². The van der Waals surface area contributed by atoms with Crippen molar-refractivity contribution in [1.29, 1.82) is 0 Å². The van der Waals surface area contributed by atoms with Crippen LogP contribution in [0.1, 0.15) is 90.4 Å². The lowest BCUT2D eigenvalue weighted by molar-refractivity contribution is -0.128. The van der Waals surface area contributed by atoms with E-state index in [1.54, 1.807) is 0 Å². The Morgan fingerprint density at radius 2 is 1.19 bits per heavy atom. The minimum absolute atomic E-state index is 0.0267. The average Bonchev–Trinajstić information content (AvgIpc) is 2.66. The van der Waals surface area contributed by atoms with Gasteiger partial charge in [0.2, 0.25) is 5.91 Å². The van der Waals surface area contributed by atoms with Crippen LogP contribution < -0.4 is 0 Å². The molecule has 0 aromatic rings. The molecule has 0 spiro atoms. The largest absolute Gasteiger partial charge is 0.756 e. The van der Waals surface area contributed by atoms with E-state index in [9.17, 15) is 10.0 Å². The molecule has 0 aliphatic carbocycles. The van der Waals surface area contributed by atoms with Crippen LogP contribution >= 0.6 is 0 Å². The van der Waals surface area contributed by atoms with Gasteiger partial charge < -0.3 is 20.5 Å². The first-order chi connectivity index (χ1) is 13.2. The summed E-state index contributed by atoms with van der Waals surface area (Å²) in [5.41, 5.74) is 0. The summed E-state index contributed by atoms with van der Waals surface area (Å²) in [7, 11) is 0. The van der Waals surface area contributed by atoms with Gasteiger partial charge in [-0.3, -0.25) is 9.69 Å². The van der Waals surface area contributed by atoms with Crippen LogP contribution in [0.5, 0.6) is 0 Å². The zero-order valence-electron chi connectivity index (χ0n) is 17.5. The maximum absolute atomic E-state index is 11.9. The van der Waals surface area contributed by atoms with Gasteiger partial charge >= 0.3 is 0 Å². The number of hydroxylamine groups is 2. The normalized spacial score (nSPS) is 11.3. The quantitative estimate of drug-likeness (QED) is 0.246. The molecule has 0 saturated heterocycles. The van der Waals surface area contributed by atoms with E-state index in [1.165, 1.54) is 51.4 Å². The standard InChI is InChI=1S/C21H43N2O4/c1-2-3-4-5-6-7-8-9-10-11-12-14-21(26)23(27)16-13-15-22(17-19-24)18-20-25/h24-25H,2-20H2,1H3/q-1. The molecule has 0 aromatic carbocycles. The molecular weight excluding hydrogens is 344 g/mol. The zero-order valence-corrected chi connectivity index (χ0v) is 17.5. The van der Waals surface area contributed by atoms with Crippen molar-refractivity contribution in [2.45, 2.75) is 90.4 Å². The first-order valence-corrected chi connectivity index (χ1v) is 11.1. The highest BCUT2D eigenvalue weighted by Gasteiger charge is 2.06. The van der Waals surface area contributed by atoms with Crippen molar-refractivity contribution < 1.29 is 15.0 Å². The van der Waals surface area contributed by atoms with Crippen molar-refractivity contribution in [2.24, 2.45) is 0 Å². The summed E-state index contributed by atoms with van der Waals surface area (Å²) < 4.78 is 0. The molecule has 6 heteroatoms. The van der Waals surface area contributed by atoms with Crippen LogP contribution in [0.2, 0.25) is 0 Å². The molecule has 0 unspecified atom stereocenters. The second-order valence-corrected chi connectivity index (χ2v) is 7.42. The summed E-state index contributed by atoms with van der Waals surface area (Å²) in [5.74, 6) is -0.318. The molecule has 0 rings (SSSR count). The summed E-state index contributed by atoms with van der Waals surface area (Å²) in [6.45, 7) is 4.04. The number of aliphatic hydroxyl groups excluding tert-OH is 2. The minimum Gasteiger partial charge on any atom is -0.756 e. The van der Waals surface area contributed by atoms with Crippen molar-refractivity contribution >= 4 is 5.91 Å². The van der Waals surface area contributed by atoms with Gasteiger partial charge in [-0.05, 0) is 19.4 Å². The Kier molecular flexibility index (Phi) is 19.5. The van der Waals surface area contributed by atoms with E-state index < -0.39 is 0 Å². The molecule has 0 heterocycles. The SMILES string of the molecule is CCCCCCCCCCCCCC(=O)N([O-])CCCN(CCO)CCO. The number of rotatable bonds is 20. The lowest BCUT2D eigenvalue weighted by Gasteiger charge is -2.29. The van der Waals surface area contributed by atoms with Gasteiger partial charge in [-0.2, -0.15) is 0 Å². The first kappa shape index (κ1) is 26.3. The molecule has 6 nitrogen and oxygen atoms in total. The van der Waals surface area contributed by atoms with Gasteiger partial charge in [0, 0.05) is 26.1 Å². The molecule has 0 fully saturated rings. The summed E-state index contributed by atoms with van der Waals surface area (Å²) in [6, 6.07) is 0. The van der Waals surface area contributed by atoms with Gasteiger partial charge in [-0.25, -0.2) is 0 Å². The number of hydrogen-bond donors (Lipinski definition) is 2. The molecule has 0 radical (unpaired) electrons. The zero-order chi connectivity index (χ0) is 20.2. The van der Waals surface area contributed by atoms with Crippen LogP contribution in [-0.2, 0) is 4.79 Å². The topological polar surface area (TPSA) is 87.1 Å². The average molecular weight is 388 g/mol. The third-order valence-corrected chi connectivity index (χ3v) is 4.94. The van der Waals surface area contributed by atoms with E-state index in [0.29, 0.717) is 37.5 Å². The van der Waals surface area contributed by atoms with Gasteiger partial charge in [-0.15, -0.1) is 0 Å². The van der Waals surface area contributed by atoms with E-state index in [0.717, 1.165) is 19.3 Å². The predicted octanol–water partition coefficient (Wildman–Crippen LogP) is 3.69. The molecule has 0 bridgehead atoms. The van der Waals surface area contributed by atoms with Gasteiger partial charge in [-0.1, -0.05) is 71.1 Å². The third-order valence-electron chi connectivity index (χ3n) is 4.94. The Bertz CT molecular complexity index is 323. The molecule has 2 N–H and O–H groups in total. The van der Waals surface area contributed by atoms with Gasteiger partial charge in [0.1, 0.15) is 0 Å². The maximum Gasteiger partial charge on any atom is 0.212 e. The summed E-state index contributed by atoms with van der Waals surface area (Å²) >= 11 is 0. The number of hydrogen-bond acceptors (Lipinski definition) is 5. The van der Waals surface area contributed by atoms with E-state index >= 15 is 0 Å². The van der Waals surface area contributed by atoms with Crippen molar-refractivity contribution in [1.82, 2.24) is 9.96 Å². The van der Waals surface area contributed by atoms with Crippen LogP contribution in [0.4, 0.5) is 0 Å². The van der Waals surface area contributed by atoms with E-state index in [1.807, 2.05) is 4.90 Å². The first-order valence-electron chi connectivity index (χ1n) is 11.1. The van der Waals surface area contributed by atoms with Gasteiger partial charge in [0.15, 0.2) is 0 Å². The lowest BCUT2D eigenvalue weighted by Crippen LogP contribution is -2.33. The molecule has 0 atom stereocenters. The highest BCUT2D eigenvalue weighted by molar-refractivity contribution is 5.76. The minimum atomic E-state index is -0.318. The van der Waals surface area contributed by atoms with Gasteiger partial charge in [0.05, 0.1) is 13.2 Å². The highest BCUT2D eigenvalue weighted by Crippen LogP contribution is 2.12. The predicted molar refractivity (Wildman–Crippen MR) is 111 cm³/mol. The van der Waals surface area contributed by atoms with Crippen molar-refractivity contribution in [2.75, 3.05) is 39.4 Å². The fourth-order valence-corrected chi connectivity index (χ4v) is 3.25. The van der Waals surface area contributed by atoms with E-state index in [4.69, 9.17) is 10.2 Å². The Balaban J connectivity index is 3.52. The van der Waals surface area contributed by atoms with Crippen LogP contribution in [0.15, 0.2) is 0 Å². The number of nitrogens with zero attached hydrogens (tertiary/aromatic N) is 2. The third kappa shape index (κ3) is 17.2. The Labute approximate surface area is 166 Å². The summed E-state index contributed by atoms with van der Waals surface area (Å²) in [5, 5.41) is 30.3. The molecule has 162 valence electrons. The van der Waals surface area contributed by atoms with E-state index in [-0.39, 0.29) is 25.7 Å². The molecule has 1 amide bonds. The molecule has 0 aromatic heterocycles. The van der Waals surface area contributed by atoms with Crippen LogP contribution in [0, 0.1) is 5.21 Å². The van der Waals surface area contributed by atoms with Crippen molar-refractivity contribution in [3.05, 3.63) is 5.21 Å². The number of carbonyl (C=O) groups excluding carboxylic acids is 1. The highest BCUT2D eigenvalue weighted by atomic mass is 16.5. The Morgan fingerprint density at radius 1 is 0.704 bits per heavy atom. The smallest absolute Gasteiger partial charge is 0.212 e. The monoisotopic (exact) mass is 387 g/mol. The van der Waals surface area contributed by atoms with Gasteiger partial charge in [0.25, 0.3) is 0 Å². The Hall–Kier alpha value is -0.690. The number of unbranched alkanes of at least 4 members (excludes halogenated alkanes) is 10. The summed E-state index contributed by atoms with van der Waals surface area (Å²) in [6.07, 6.45) is 14.4. The van der Waals surface area contributed by atoms with Crippen molar-refractivity contribution in [3.8, 4) is 0 Å². The Morgan fingerprint density at radius 3 is 1.67 bits per heavy atom. The maximum atomic E-state index is 11.9. The second kappa shape index (κ2) is 20.1. The number of carbonyl (C=O) groups is 1. The second-order valence-electron chi connectivity index (χ2n) is 7.42. The fraction of sp³-hybridized carbons (Fsp3) is 0.952.